The molecule has 0 aromatic rings. The summed E-state index contributed by atoms with van der Waals surface area (Å²) >= 11 is 0. The van der Waals surface area contributed by atoms with Crippen molar-refractivity contribution in [3.63, 3.8) is 0 Å². The Labute approximate surface area is 106 Å². The molecule has 0 bridgehead atoms. The zero-order valence-corrected chi connectivity index (χ0v) is 12.8. The van der Waals surface area contributed by atoms with Gasteiger partial charge in [-0.1, -0.05) is 32.8 Å². The topological polar surface area (TPSA) is 35.5 Å². The monoisotopic (exact) mass is 262 g/mol. The van der Waals surface area contributed by atoms with Gasteiger partial charge in [-0.15, -0.1) is 0 Å². The first-order chi connectivity index (χ1) is 7.99. The molecule has 0 spiro atoms. The molecule has 0 saturated carbocycles. The van der Waals surface area contributed by atoms with Crippen LogP contribution in [0.25, 0.3) is 0 Å². The van der Waals surface area contributed by atoms with Gasteiger partial charge in [0.05, 0.1) is 13.2 Å². The Morgan fingerprint density at radius 3 is 2.06 bits per heavy atom. The van der Waals surface area contributed by atoms with E-state index in [0.717, 1.165) is 19.3 Å². The van der Waals surface area contributed by atoms with E-state index in [1.54, 1.807) is 5.82 Å². The highest BCUT2D eigenvalue weighted by Crippen LogP contribution is 2.51. The zero-order chi connectivity index (χ0) is 13.3. The van der Waals surface area contributed by atoms with E-state index in [9.17, 15) is 4.57 Å². The van der Waals surface area contributed by atoms with E-state index in [4.69, 9.17) is 9.05 Å². The maximum absolute atomic E-state index is 12.4. The molecule has 0 rings (SSSR count). The fraction of sp³-hybridized carbons (Fsp3) is 0.846. The van der Waals surface area contributed by atoms with Crippen molar-refractivity contribution in [1.82, 2.24) is 0 Å². The lowest BCUT2D eigenvalue weighted by molar-refractivity contribution is 0.228. The minimum absolute atomic E-state index is 0.385. The SMILES string of the molecule is CCCC/C(=C\P(=O)(OCC)OCC)C(C)C. The summed E-state index contributed by atoms with van der Waals surface area (Å²) in [5.41, 5.74) is 1.18. The Morgan fingerprint density at radius 1 is 1.18 bits per heavy atom. The number of rotatable bonds is 9. The summed E-state index contributed by atoms with van der Waals surface area (Å²) in [5.74, 6) is 2.12. The maximum atomic E-state index is 12.4. The van der Waals surface area contributed by atoms with E-state index in [2.05, 4.69) is 20.8 Å². The standard InChI is InChI=1S/C13H27O3P/c1-6-9-10-13(12(4)5)11-17(14,15-7-2)16-8-3/h11-12H,6-10H2,1-5H3/b13-11+. The van der Waals surface area contributed by atoms with E-state index < -0.39 is 7.60 Å². The molecule has 0 aliphatic heterocycles. The van der Waals surface area contributed by atoms with Crippen LogP contribution in [0.4, 0.5) is 0 Å². The summed E-state index contributed by atoms with van der Waals surface area (Å²) in [4.78, 5) is 0. The largest absolute Gasteiger partial charge is 0.354 e. The second-order valence-electron chi connectivity index (χ2n) is 4.34. The molecular weight excluding hydrogens is 235 g/mol. The first kappa shape index (κ1) is 16.9. The zero-order valence-electron chi connectivity index (χ0n) is 11.9. The molecule has 102 valence electrons. The molecule has 17 heavy (non-hydrogen) atoms. The lowest BCUT2D eigenvalue weighted by Crippen LogP contribution is -1.99. The number of hydrogen-bond donors (Lipinski definition) is 0. The average Bonchev–Trinajstić information content (AvgIpc) is 2.24. The van der Waals surface area contributed by atoms with Crippen LogP contribution in [0, 0.1) is 5.92 Å². The van der Waals surface area contributed by atoms with Crippen molar-refractivity contribution in [2.75, 3.05) is 13.2 Å². The van der Waals surface area contributed by atoms with Gasteiger partial charge in [-0.25, -0.2) is 0 Å². The van der Waals surface area contributed by atoms with Crippen molar-refractivity contribution in [2.24, 2.45) is 5.92 Å². The lowest BCUT2D eigenvalue weighted by atomic mass is 10.00. The third-order valence-corrected chi connectivity index (χ3v) is 4.39. The normalized spacial score (nSPS) is 13.4. The highest BCUT2D eigenvalue weighted by Gasteiger charge is 2.21. The maximum Gasteiger partial charge on any atom is 0.354 e. The second-order valence-corrected chi connectivity index (χ2v) is 6.19. The fourth-order valence-electron chi connectivity index (χ4n) is 1.56. The van der Waals surface area contributed by atoms with E-state index in [-0.39, 0.29) is 0 Å². The molecule has 0 radical (unpaired) electrons. The molecule has 0 unspecified atom stereocenters. The summed E-state index contributed by atoms with van der Waals surface area (Å²) < 4.78 is 22.9. The minimum atomic E-state index is -3.03. The molecule has 0 saturated heterocycles. The van der Waals surface area contributed by atoms with Crippen molar-refractivity contribution in [3.8, 4) is 0 Å². The predicted octanol–water partition coefficient (Wildman–Crippen LogP) is 4.98. The van der Waals surface area contributed by atoms with Gasteiger partial charge in [-0.3, -0.25) is 4.57 Å². The molecular formula is C13H27O3P. The predicted molar refractivity (Wildman–Crippen MR) is 73.3 cm³/mol. The molecule has 0 heterocycles. The van der Waals surface area contributed by atoms with Crippen LogP contribution in [-0.4, -0.2) is 13.2 Å². The van der Waals surface area contributed by atoms with Crippen molar-refractivity contribution in [3.05, 3.63) is 11.4 Å². The van der Waals surface area contributed by atoms with Gasteiger partial charge in [-0.2, -0.15) is 0 Å². The minimum Gasteiger partial charge on any atom is -0.306 e. The Kier molecular flexibility index (Phi) is 8.85. The van der Waals surface area contributed by atoms with E-state index >= 15 is 0 Å². The van der Waals surface area contributed by atoms with Gasteiger partial charge >= 0.3 is 7.60 Å². The molecule has 0 aliphatic carbocycles. The molecule has 0 fully saturated rings. The molecule has 0 aromatic carbocycles. The molecule has 0 amide bonds. The Morgan fingerprint density at radius 2 is 1.71 bits per heavy atom. The molecule has 0 atom stereocenters. The fourth-order valence-corrected chi connectivity index (χ4v) is 3.33. The molecule has 0 aliphatic rings. The van der Waals surface area contributed by atoms with Gasteiger partial charge in [-0.05, 0) is 32.6 Å². The lowest BCUT2D eigenvalue weighted by Gasteiger charge is -2.17. The Balaban J connectivity index is 4.87. The average molecular weight is 262 g/mol. The summed E-state index contributed by atoms with van der Waals surface area (Å²) in [6.45, 7) is 10.9. The van der Waals surface area contributed by atoms with E-state index in [1.807, 2.05) is 13.8 Å². The van der Waals surface area contributed by atoms with Crippen LogP contribution in [0.1, 0.15) is 53.9 Å². The number of hydrogen-bond acceptors (Lipinski definition) is 3. The molecule has 3 nitrogen and oxygen atoms in total. The third-order valence-electron chi connectivity index (χ3n) is 2.50. The summed E-state index contributed by atoms with van der Waals surface area (Å²) in [5, 5.41) is 0. The Hall–Kier alpha value is -0.110. The van der Waals surface area contributed by atoms with Gasteiger partial charge in [0.2, 0.25) is 0 Å². The first-order valence-electron chi connectivity index (χ1n) is 6.59. The summed E-state index contributed by atoms with van der Waals surface area (Å²) in [6.07, 6.45) is 3.22. The Bertz CT molecular complexity index is 262. The van der Waals surface area contributed by atoms with Gasteiger partial charge in [0.1, 0.15) is 0 Å². The molecule has 0 N–H and O–H groups in total. The van der Waals surface area contributed by atoms with Gasteiger partial charge < -0.3 is 9.05 Å². The van der Waals surface area contributed by atoms with Crippen LogP contribution in [0.5, 0.6) is 0 Å². The quantitative estimate of drug-likeness (QED) is 0.549. The highest BCUT2D eigenvalue weighted by molar-refractivity contribution is 7.57. The number of unbranched alkanes of at least 4 members (excludes halogenated alkanes) is 1. The van der Waals surface area contributed by atoms with Crippen LogP contribution in [-0.2, 0) is 13.6 Å². The smallest absolute Gasteiger partial charge is 0.306 e. The summed E-state index contributed by atoms with van der Waals surface area (Å²) in [7, 11) is -3.03. The van der Waals surface area contributed by atoms with Crippen LogP contribution < -0.4 is 0 Å². The van der Waals surface area contributed by atoms with Crippen LogP contribution in [0.15, 0.2) is 11.4 Å². The third kappa shape index (κ3) is 7.03. The van der Waals surface area contributed by atoms with Gasteiger partial charge in [0.25, 0.3) is 0 Å². The number of allylic oxidation sites excluding steroid dienone is 1. The van der Waals surface area contributed by atoms with Crippen molar-refractivity contribution < 1.29 is 13.6 Å². The second kappa shape index (κ2) is 8.91. The van der Waals surface area contributed by atoms with Crippen molar-refractivity contribution >= 4 is 7.60 Å². The van der Waals surface area contributed by atoms with Gasteiger partial charge in [0, 0.05) is 5.82 Å². The van der Waals surface area contributed by atoms with Gasteiger partial charge in [0.15, 0.2) is 0 Å². The van der Waals surface area contributed by atoms with Crippen molar-refractivity contribution in [2.45, 2.75) is 53.9 Å². The van der Waals surface area contributed by atoms with Crippen molar-refractivity contribution in [1.29, 1.82) is 0 Å². The van der Waals surface area contributed by atoms with Crippen LogP contribution >= 0.6 is 7.60 Å². The highest BCUT2D eigenvalue weighted by atomic mass is 31.2. The van der Waals surface area contributed by atoms with E-state index in [0.29, 0.717) is 19.1 Å². The summed E-state index contributed by atoms with van der Waals surface area (Å²) in [6, 6.07) is 0. The van der Waals surface area contributed by atoms with E-state index in [1.165, 1.54) is 5.57 Å². The molecule has 4 heteroatoms. The van der Waals surface area contributed by atoms with Crippen LogP contribution in [0.3, 0.4) is 0 Å². The molecule has 0 aromatic heterocycles. The first-order valence-corrected chi connectivity index (χ1v) is 8.20. The van der Waals surface area contributed by atoms with Crippen LogP contribution in [0.2, 0.25) is 0 Å².